The number of benzene rings is 1. The van der Waals surface area contributed by atoms with Crippen LogP contribution in [0, 0.1) is 0 Å². The number of esters is 1. The zero-order chi connectivity index (χ0) is 16.9. The molecule has 4 nitrogen and oxygen atoms in total. The lowest BCUT2D eigenvalue weighted by molar-refractivity contribution is -0.137. The molecule has 0 spiro atoms. The second kappa shape index (κ2) is 7.28. The summed E-state index contributed by atoms with van der Waals surface area (Å²) in [7, 11) is 0. The standard InChI is InChI=1S/C15H12F3NO3S/c16-15(17,18)11-4-1-3-10(7-11)14(21)22-9-13(20)19-8-12-5-2-6-23-12/h1-7H,8-9H2,(H,19,20). The first kappa shape index (κ1) is 17.0. The Balaban J connectivity index is 1.86. The molecule has 0 atom stereocenters. The molecule has 1 aromatic carbocycles. The number of amides is 1. The van der Waals surface area contributed by atoms with Crippen molar-refractivity contribution in [3.8, 4) is 0 Å². The van der Waals surface area contributed by atoms with E-state index in [0.717, 1.165) is 17.0 Å². The van der Waals surface area contributed by atoms with Gasteiger partial charge in [0.25, 0.3) is 5.91 Å². The molecule has 0 aliphatic carbocycles. The SMILES string of the molecule is O=C(COC(=O)c1cccc(C(F)(F)F)c1)NCc1cccs1. The number of hydrogen-bond acceptors (Lipinski definition) is 4. The van der Waals surface area contributed by atoms with Crippen molar-refractivity contribution in [3.63, 3.8) is 0 Å². The van der Waals surface area contributed by atoms with Gasteiger partial charge in [-0.1, -0.05) is 12.1 Å². The Kier molecular flexibility index (Phi) is 5.38. The Bertz CT molecular complexity index is 684. The fourth-order valence-corrected chi connectivity index (χ4v) is 2.33. The van der Waals surface area contributed by atoms with Gasteiger partial charge in [0.2, 0.25) is 0 Å². The summed E-state index contributed by atoms with van der Waals surface area (Å²) < 4.78 is 42.4. The highest BCUT2D eigenvalue weighted by molar-refractivity contribution is 7.09. The van der Waals surface area contributed by atoms with E-state index < -0.39 is 30.2 Å². The summed E-state index contributed by atoms with van der Waals surface area (Å²) in [5, 5.41) is 4.40. The van der Waals surface area contributed by atoms with Crippen LogP contribution in [-0.2, 0) is 22.3 Å². The van der Waals surface area contributed by atoms with Crippen molar-refractivity contribution in [2.45, 2.75) is 12.7 Å². The van der Waals surface area contributed by atoms with Gasteiger partial charge in [-0.3, -0.25) is 4.79 Å². The van der Waals surface area contributed by atoms with Crippen LogP contribution in [0.1, 0.15) is 20.8 Å². The second-order valence-corrected chi connectivity index (χ2v) is 5.54. The number of carbonyl (C=O) groups excluding carboxylic acids is 2. The van der Waals surface area contributed by atoms with Crippen molar-refractivity contribution in [1.82, 2.24) is 5.32 Å². The average Bonchev–Trinajstić information content (AvgIpc) is 3.03. The molecule has 0 radical (unpaired) electrons. The van der Waals surface area contributed by atoms with Gasteiger partial charge >= 0.3 is 12.1 Å². The summed E-state index contributed by atoms with van der Waals surface area (Å²) in [5.74, 6) is -1.51. The summed E-state index contributed by atoms with van der Waals surface area (Å²) >= 11 is 1.46. The maximum atomic E-state index is 12.6. The Morgan fingerprint density at radius 1 is 1.17 bits per heavy atom. The molecule has 8 heteroatoms. The molecule has 2 rings (SSSR count). The maximum Gasteiger partial charge on any atom is 0.416 e. The van der Waals surface area contributed by atoms with Crippen molar-refractivity contribution in [2.24, 2.45) is 0 Å². The number of thiophene rings is 1. The van der Waals surface area contributed by atoms with Crippen molar-refractivity contribution in [3.05, 3.63) is 57.8 Å². The molecule has 2 aromatic rings. The van der Waals surface area contributed by atoms with Gasteiger partial charge in [-0.2, -0.15) is 13.2 Å². The molecule has 0 aliphatic heterocycles. The molecule has 0 saturated heterocycles. The molecule has 0 bridgehead atoms. The lowest BCUT2D eigenvalue weighted by atomic mass is 10.1. The van der Waals surface area contributed by atoms with E-state index in [-0.39, 0.29) is 5.56 Å². The van der Waals surface area contributed by atoms with E-state index in [1.54, 1.807) is 0 Å². The Morgan fingerprint density at radius 3 is 2.61 bits per heavy atom. The molecule has 122 valence electrons. The number of rotatable bonds is 5. The fourth-order valence-electron chi connectivity index (χ4n) is 1.69. The van der Waals surface area contributed by atoms with E-state index in [4.69, 9.17) is 4.74 Å². The molecule has 0 fully saturated rings. The summed E-state index contributed by atoms with van der Waals surface area (Å²) in [6.07, 6.45) is -4.55. The van der Waals surface area contributed by atoms with Crippen LogP contribution in [0.3, 0.4) is 0 Å². The molecule has 1 heterocycles. The predicted molar refractivity (Wildman–Crippen MR) is 77.9 cm³/mol. The van der Waals surface area contributed by atoms with Crippen LogP contribution in [0.5, 0.6) is 0 Å². The monoisotopic (exact) mass is 343 g/mol. The predicted octanol–water partition coefficient (Wildman–Crippen LogP) is 3.24. The first-order valence-electron chi connectivity index (χ1n) is 6.50. The van der Waals surface area contributed by atoms with Gasteiger partial charge in [0, 0.05) is 4.88 Å². The topological polar surface area (TPSA) is 55.4 Å². The van der Waals surface area contributed by atoms with Crippen LogP contribution >= 0.6 is 11.3 Å². The number of hydrogen-bond donors (Lipinski definition) is 1. The normalized spacial score (nSPS) is 11.1. The van der Waals surface area contributed by atoms with Gasteiger partial charge < -0.3 is 10.1 Å². The third-order valence-electron chi connectivity index (χ3n) is 2.80. The summed E-state index contributed by atoms with van der Waals surface area (Å²) in [5.41, 5.74) is -1.21. The van der Waals surface area contributed by atoms with Crippen LogP contribution < -0.4 is 5.32 Å². The molecule has 0 saturated carbocycles. The Morgan fingerprint density at radius 2 is 1.96 bits per heavy atom. The summed E-state index contributed by atoms with van der Waals surface area (Å²) in [4.78, 5) is 24.2. The highest BCUT2D eigenvalue weighted by atomic mass is 32.1. The largest absolute Gasteiger partial charge is 0.452 e. The molecule has 1 N–H and O–H groups in total. The van der Waals surface area contributed by atoms with Gasteiger partial charge in [0.05, 0.1) is 17.7 Å². The number of halogens is 3. The van der Waals surface area contributed by atoms with Crippen LogP contribution in [-0.4, -0.2) is 18.5 Å². The summed E-state index contributed by atoms with van der Waals surface area (Å²) in [6.45, 7) is -0.252. The Labute approximate surface area is 133 Å². The number of alkyl halides is 3. The first-order chi connectivity index (χ1) is 10.9. The van der Waals surface area contributed by atoms with Crippen molar-refractivity contribution in [2.75, 3.05) is 6.61 Å². The van der Waals surface area contributed by atoms with Gasteiger partial charge in [-0.05, 0) is 29.6 Å². The van der Waals surface area contributed by atoms with Crippen LogP contribution in [0.4, 0.5) is 13.2 Å². The van der Waals surface area contributed by atoms with Gasteiger partial charge in [0.1, 0.15) is 0 Å². The number of carbonyl (C=O) groups is 2. The fraction of sp³-hybridized carbons (Fsp3) is 0.200. The summed E-state index contributed by atoms with van der Waals surface area (Å²) in [6, 6.07) is 7.51. The number of nitrogens with one attached hydrogen (secondary N) is 1. The van der Waals surface area contributed by atoms with Crippen LogP contribution in [0.2, 0.25) is 0 Å². The molecule has 0 unspecified atom stereocenters. The zero-order valence-electron chi connectivity index (χ0n) is 11.7. The maximum absolute atomic E-state index is 12.6. The molecular weight excluding hydrogens is 331 g/mol. The molecule has 1 aromatic heterocycles. The van der Waals surface area contributed by atoms with Crippen molar-refractivity contribution < 1.29 is 27.5 Å². The third kappa shape index (κ3) is 5.10. The highest BCUT2D eigenvalue weighted by Crippen LogP contribution is 2.29. The highest BCUT2D eigenvalue weighted by Gasteiger charge is 2.31. The van der Waals surface area contributed by atoms with Gasteiger partial charge in [0.15, 0.2) is 6.61 Å². The van der Waals surface area contributed by atoms with E-state index in [1.807, 2.05) is 17.5 Å². The van der Waals surface area contributed by atoms with Crippen LogP contribution in [0.25, 0.3) is 0 Å². The zero-order valence-corrected chi connectivity index (χ0v) is 12.5. The van der Waals surface area contributed by atoms with Crippen molar-refractivity contribution in [1.29, 1.82) is 0 Å². The quantitative estimate of drug-likeness (QED) is 0.848. The van der Waals surface area contributed by atoms with E-state index in [9.17, 15) is 22.8 Å². The minimum atomic E-state index is -4.55. The first-order valence-corrected chi connectivity index (χ1v) is 7.37. The lowest BCUT2D eigenvalue weighted by Gasteiger charge is -2.09. The third-order valence-corrected chi connectivity index (χ3v) is 3.68. The van der Waals surface area contributed by atoms with E-state index in [0.29, 0.717) is 12.6 Å². The molecule has 0 aliphatic rings. The Hall–Kier alpha value is -2.35. The molecule has 1 amide bonds. The van der Waals surface area contributed by atoms with Gasteiger partial charge in [-0.15, -0.1) is 11.3 Å². The number of ether oxygens (including phenoxy) is 1. The van der Waals surface area contributed by atoms with Crippen LogP contribution in [0.15, 0.2) is 41.8 Å². The van der Waals surface area contributed by atoms with E-state index >= 15 is 0 Å². The van der Waals surface area contributed by atoms with Crippen molar-refractivity contribution >= 4 is 23.2 Å². The second-order valence-electron chi connectivity index (χ2n) is 4.51. The smallest absolute Gasteiger partial charge is 0.416 e. The van der Waals surface area contributed by atoms with E-state index in [2.05, 4.69) is 5.32 Å². The van der Waals surface area contributed by atoms with E-state index in [1.165, 1.54) is 17.4 Å². The molecular formula is C15H12F3NO3S. The average molecular weight is 343 g/mol. The minimum Gasteiger partial charge on any atom is -0.452 e. The van der Waals surface area contributed by atoms with Gasteiger partial charge in [-0.25, -0.2) is 4.79 Å². The minimum absolute atomic E-state index is 0.258. The lowest BCUT2D eigenvalue weighted by Crippen LogP contribution is -2.28. The molecule has 23 heavy (non-hydrogen) atoms.